The smallest absolute Gasteiger partial charge is 0.0870 e. The number of hydrogen-bond donors (Lipinski definition) is 2. The van der Waals surface area contributed by atoms with Gasteiger partial charge in [-0.25, -0.2) is 0 Å². The van der Waals surface area contributed by atoms with Crippen molar-refractivity contribution in [3.8, 4) is 0 Å². The van der Waals surface area contributed by atoms with Crippen LogP contribution in [0, 0.1) is 0 Å². The van der Waals surface area contributed by atoms with Gasteiger partial charge >= 0.3 is 0 Å². The number of aromatic nitrogens is 2. The molecule has 0 aliphatic heterocycles. The fourth-order valence-electron chi connectivity index (χ4n) is 0.871. The molecular formula is C6H11N3O. The van der Waals surface area contributed by atoms with Crippen LogP contribution in [0.5, 0.6) is 0 Å². The second-order valence-electron chi connectivity index (χ2n) is 2.02. The van der Waals surface area contributed by atoms with E-state index in [0.29, 0.717) is 11.4 Å². The molecule has 0 aromatic carbocycles. The SMILES string of the molecule is CCn1ncc(N)c1CO. The molecule has 0 atom stereocenters. The first-order valence-corrected chi connectivity index (χ1v) is 3.20. The Hall–Kier alpha value is -1.03. The van der Waals surface area contributed by atoms with Crippen LogP contribution in [0.25, 0.3) is 0 Å². The number of hydrogen-bond acceptors (Lipinski definition) is 3. The van der Waals surface area contributed by atoms with Crippen LogP contribution in [-0.2, 0) is 13.2 Å². The average Bonchev–Trinajstić information content (AvgIpc) is 2.30. The lowest BCUT2D eigenvalue weighted by molar-refractivity contribution is 0.269. The molecule has 0 amide bonds. The van der Waals surface area contributed by atoms with Crippen molar-refractivity contribution in [3.05, 3.63) is 11.9 Å². The average molecular weight is 141 g/mol. The number of anilines is 1. The Morgan fingerprint density at radius 2 is 2.50 bits per heavy atom. The molecule has 1 rings (SSSR count). The molecule has 0 radical (unpaired) electrons. The number of aryl methyl sites for hydroxylation is 1. The first-order chi connectivity index (χ1) is 4.79. The van der Waals surface area contributed by atoms with E-state index < -0.39 is 0 Å². The Morgan fingerprint density at radius 3 is 2.90 bits per heavy atom. The highest BCUT2D eigenvalue weighted by Crippen LogP contribution is 2.09. The summed E-state index contributed by atoms with van der Waals surface area (Å²) >= 11 is 0. The lowest BCUT2D eigenvalue weighted by Crippen LogP contribution is -2.03. The molecule has 56 valence electrons. The van der Waals surface area contributed by atoms with E-state index >= 15 is 0 Å². The fourth-order valence-corrected chi connectivity index (χ4v) is 0.871. The van der Waals surface area contributed by atoms with E-state index in [9.17, 15) is 0 Å². The molecule has 0 bridgehead atoms. The lowest BCUT2D eigenvalue weighted by atomic mass is 10.4. The van der Waals surface area contributed by atoms with Gasteiger partial charge in [0.1, 0.15) is 0 Å². The number of aliphatic hydroxyl groups excluding tert-OH is 1. The number of nitrogens with zero attached hydrogens (tertiary/aromatic N) is 2. The molecule has 1 aromatic heterocycles. The fraction of sp³-hybridized carbons (Fsp3) is 0.500. The summed E-state index contributed by atoms with van der Waals surface area (Å²) in [7, 11) is 0. The van der Waals surface area contributed by atoms with Crippen molar-refractivity contribution >= 4 is 5.69 Å². The number of nitrogen functional groups attached to an aromatic ring is 1. The molecule has 0 unspecified atom stereocenters. The van der Waals surface area contributed by atoms with Gasteiger partial charge in [0.15, 0.2) is 0 Å². The molecule has 4 heteroatoms. The van der Waals surface area contributed by atoms with Crippen molar-refractivity contribution in [3.63, 3.8) is 0 Å². The van der Waals surface area contributed by atoms with Crippen molar-refractivity contribution in [1.82, 2.24) is 9.78 Å². The van der Waals surface area contributed by atoms with Crippen LogP contribution in [0.1, 0.15) is 12.6 Å². The van der Waals surface area contributed by atoms with Gasteiger partial charge in [0.25, 0.3) is 0 Å². The Labute approximate surface area is 59.3 Å². The normalized spacial score (nSPS) is 10.2. The van der Waals surface area contributed by atoms with Gasteiger partial charge in [-0.05, 0) is 6.92 Å². The molecule has 0 fully saturated rings. The summed E-state index contributed by atoms with van der Waals surface area (Å²) in [5.74, 6) is 0. The van der Waals surface area contributed by atoms with Gasteiger partial charge in [-0.1, -0.05) is 0 Å². The van der Waals surface area contributed by atoms with Gasteiger partial charge in [-0.2, -0.15) is 5.10 Å². The van der Waals surface area contributed by atoms with Crippen molar-refractivity contribution in [2.75, 3.05) is 5.73 Å². The summed E-state index contributed by atoms with van der Waals surface area (Å²) in [5.41, 5.74) is 6.74. The van der Waals surface area contributed by atoms with E-state index in [1.165, 1.54) is 0 Å². The van der Waals surface area contributed by atoms with Gasteiger partial charge in [-0.15, -0.1) is 0 Å². The molecule has 10 heavy (non-hydrogen) atoms. The Kier molecular flexibility index (Phi) is 1.91. The molecule has 4 nitrogen and oxygen atoms in total. The molecule has 0 saturated heterocycles. The zero-order valence-electron chi connectivity index (χ0n) is 5.91. The summed E-state index contributed by atoms with van der Waals surface area (Å²) in [5, 5.41) is 12.7. The summed E-state index contributed by atoms with van der Waals surface area (Å²) < 4.78 is 1.68. The maximum absolute atomic E-state index is 8.78. The first kappa shape index (κ1) is 7.08. The Balaban J connectivity index is 3.01. The van der Waals surface area contributed by atoms with Gasteiger partial charge in [0.2, 0.25) is 0 Å². The first-order valence-electron chi connectivity index (χ1n) is 3.20. The highest BCUT2D eigenvalue weighted by Gasteiger charge is 2.03. The minimum absolute atomic E-state index is 0.0420. The van der Waals surface area contributed by atoms with Crippen LogP contribution in [0.2, 0.25) is 0 Å². The van der Waals surface area contributed by atoms with Crippen molar-refractivity contribution < 1.29 is 5.11 Å². The lowest BCUT2D eigenvalue weighted by Gasteiger charge is -2.00. The van der Waals surface area contributed by atoms with Gasteiger partial charge in [-0.3, -0.25) is 4.68 Å². The number of nitrogens with two attached hydrogens (primary N) is 1. The summed E-state index contributed by atoms with van der Waals surface area (Å²) in [6.07, 6.45) is 1.55. The van der Waals surface area contributed by atoms with E-state index in [0.717, 1.165) is 6.54 Å². The molecule has 0 saturated carbocycles. The highest BCUT2D eigenvalue weighted by molar-refractivity contribution is 5.40. The van der Waals surface area contributed by atoms with Crippen LogP contribution >= 0.6 is 0 Å². The molecule has 1 heterocycles. The van der Waals surface area contributed by atoms with Crippen LogP contribution in [0.4, 0.5) is 5.69 Å². The minimum atomic E-state index is -0.0420. The van der Waals surface area contributed by atoms with Crippen LogP contribution < -0.4 is 5.73 Å². The second-order valence-corrected chi connectivity index (χ2v) is 2.02. The van der Waals surface area contributed by atoms with Crippen molar-refractivity contribution in [2.24, 2.45) is 0 Å². The molecule has 0 aliphatic carbocycles. The van der Waals surface area contributed by atoms with Gasteiger partial charge < -0.3 is 10.8 Å². The Bertz CT molecular complexity index is 219. The van der Waals surface area contributed by atoms with E-state index in [2.05, 4.69) is 5.10 Å². The molecule has 0 spiro atoms. The van der Waals surface area contributed by atoms with Crippen molar-refractivity contribution in [1.29, 1.82) is 0 Å². The summed E-state index contributed by atoms with van der Waals surface area (Å²) in [6, 6.07) is 0. The van der Waals surface area contributed by atoms with Crippen molar-refractivity contribution in [2.45, 2.75) is 20.1 Å². The Morgan fingerprint density at radius 1 is 1.80 bits per heavy atom. The highest BCUT2D eigenvalue weighted by atomic mass is 16.3. The molecule has 3 N–H and O–H groups in total. The van der Waals surface area contributed by atoms with E-state index in [-0.39, 0.29) is 6.61 Å². The third kappa shape index (κ3) is 0.974. The summed E-state index contributed by atoms with van der Waals surface area (Å²) in [4.78, 5) is 0. The molecule has 0 aliphatic rings. The predicted molar refractivity (Wildman–Crippen MR) is 38.2 cm³/mol. The van der Waals surface area contributed by atoms with Crippen LogP contribution in [-0.4, -0.2) is 14.9 Å². The molecular weight excluding hydrogens is 130 g/mol. The number of rotatable bonds is 2. The largest absolute Gasteiger partial charge is 0.396 e. The maximum Gasteiger partial charge on any atom is 0.0870 e. The van der Waals surface area contributed by atoms with E-state index in [1.807, 2.05) is 6.92 Å². The molecule has 1 aromatic rings. The minimum Gasteiger partial charge on any atom is -0.396 e. The standard InChI is InChI=1S/C6H11N3O/c1-2-9-6(4-10)5(7)3-8-9/h3,10H,2,4,7H2,1H3. The van der Waals surface area contributed by atoms with Gasteiger partial charge in [0.05, 0.1) is 24.2 Å². The quantitative estimate of drug-likeness (QED) is 0.608. The van der Waals surface area contributed by atoms with Crippen LogP contribution in [0.3, 0.4) is 0 Å². The second kappa shape index (κ2) is 2.70. The maximum atomic E-state index is 8.78. The zero-order chi connectivity index (χ0) is 7.56. The monoisotopic (exact) mass is 141 g/mol. The van der Waals surface area contributed by atoms with Gasteiger partial charge in [0, 0.05) is 6.54 Å². The van der Waals surface area contributed by atoms with Crippen LogP contribution in [0.15, 0.2) is 6.20 Å². The number of aliphatic hydroxyl groups is 1. The van der Waals surface area contributed by atoms with E-state index in [1.54, 1.807) is 10.9 Å². The third-order valence-electron chi connectivity index (χ3n) is 1.43. The van der Waals surface area contributed by atoms with E-state index in [4.69, 9.17) is 10.8 Å². The predicted octanol–water partition coefficient (Wildman–Crippen LogP) is -0.0225. The summed E-state index contributed by atoms with van der Waals surface area (Å²) in [6.45, 7) is 2.65. The topological polar surface area (TPSA) is 64.1 Å². The zero-order valence-corrected chi connectivity index (χ0v) is 5.91. The third-order valence-corrected chi connectivity index (χ3v) is 1.43.